The fourth-order valence-corrected chi connectivity index (χ4v) is 3.77. The van der Waals surface area contributed by atoms with Gasteiger partial charge in [-0.15, -0.1) is 0 Å². The topological polar surface area (TPSA) is 54.1 Å². The summed E-state index contributed by atoms with van der Waals surface area (Å²) < 4.78 is 5.32. The first-order chi connectivity index (χ1) is 18.2. The summed E-state index contributed by atoms with van der Waals surface area (Å²) in [5.41, 5.74) is 2.27. The number of carbonyl (C=O) groups excluding carboxylic acids is 1. The van der Waals surface area contributed by atoms with E-state index in [0.29, 0.717) is 13.0 Å². The molecule has 1 aromatic carbocycles. The summed E-state index contributed by atoms with van der Waals surface area (Å²) in [6, 6.07) is 5.99. The zero-order chi connectivity index (χ0) is 26.4. The molecule has 0 radical (unpaired) electrons. The van der Waals surface area contributed by atoms with Gasteiger partial charge in [0.2, 0.25) is 5.91 Å². The van der Waals surface area contributed by atoms with E-state index in [1.54, 1.807) is 7.11 Å². The van der Waals surface area contributed by atoms with Gasteiger partial charge >= 0.3 is 0 Å². The minimum Gasteiger partial charge on any atom is -0.497 e. The second kappa shape index (κ2) is 19.6. The van der Waals surface area contributed by atoms with Crippen molar-refractivity contribution in [3.8, 4) is 5.75 Å². The van der Waals surface area contributed by atoms with E-state index in [0.717, 1.165) is 68.0 Å². The molecule has 0 saturated heterocycles. The van der Waals surface area contributed by atoms with Gasteiger partial charge in [0.1, 0.15) is 5.75 Å². The van der Waals surface area contributed by atoms with E-state index in [9.17, 15) is 4.79 Å². The lowest BCUT2D eigenvalue weighted by molar-refractivity contribution is -0.120. The minimum atomic E-state index is 0.0944. The van der Waals surface area contributed by atoms with Gasteiger partial charge in [-0.25, -0.2) is 0 Å². The van der Waals surface area contributed by atoms with Crippen molar-refractivity contribution in [1.82, 2.24) is 10.3 Å². The molecule has 0 bridgehead atoms. The van der Waals surface area contributed by atoms with Crippen LogP contribution in [0, 0.1) is 0 Å². The smallest absolute Gasteiger partial charge is 0.220 e. The number of allylic oxidation sites excluding steroid dienone is 12. The molecule has 198 valence electrons. The molecule has 1 amide bonds. The zero-order valence-electron chi connectivity index (χ0n) is 22.6. The molecule has 37 heavy (non-hydrogen) atoms. The summed E-state index contributed by atoms with van der Waals surface area (Å²) in [5, 5.41) is 4.17. The number of ether oxygens (including phenoxy) is 1. The van der Waals surface area contributed by atoms with Crippen LogP contribution < -0.4 is 10.1 Å². The number of amides is 1. The fourth-order valence-electron chi connectivity index (χ4n) is 3.77. The van der Waals surface area contributed by atoms with E-state index in [4.69, 9.17) is 4.74 Å². The number of rotatable bonds is 18. The SMILES string of the molecule is CC/C=C\C/C=C\C/C=C\C/C=C\C/C=C\C/C=C\CCC(=O)NCCc1c[nH]c2ccc(OC)cc12. The predicted octanol–water partition coefficient (Wildman–Crippen LogP) is 8.31. The van der Waals surface area contributed by atoms with E-state index < -0.39 is 0 Å². The van der Waals surface area contributed by atoms with Crippen molar-refractivity contribution in [3.63, 3.8) is 0 Å². The number of hydrogen-bond donors (Lipinski definition) is 2. The van der Waals surface area contributed by atoms with Crippen molar-refractivity contribution in [2.24, 2.45) is 0 Å². The highest BCUT2D eigenvalue weighted by molar-refractivity contribution is 5.84. The summed E-state index contributed by atoms with van der Waals surface area (Å²) in [6.07, 6.45) is 36.3. The van der Waals surface area contributed by atoms with E-state index in [1.807, 2.05) is 24.4 Å². The van der Waals surface area contributed by atoms with Crippen molar-refractivity contribution >= 4 is 16.8 Å². The van der Waals surface area contributed by atoms with Gasteiger partial charge < -0.3 is 15.0 Å². The normalized spacial score (nSPS) is 12.6. The van der Waals surface area contributed by atoms with Gasteiger partial charge in [-0.1, -0.05) is 79.8 Å². The van der Waals surface area contributed by atoms with Gasteiger partial charge in [-0.05, 0) is 75.1 Å². The average Bonchev–Trinajstić information content (AvgIpc) is 3.32. The van der Waals surface area contributed by atoms with Gasteiger partial charge in [0, 0.05) is 30.1 Å². The Morgan fingerprint density at radius 3 is 1.97 bits per heavy atom. The van der Waals surface area contributed by atoms with Gasteiger partial charge in [0.05, 0.1) is 7.11 Å². The van der Waals surface area contributed by atoms with Gasteiger partial charge in [-0.2, -0.15) is 0 Å². The molecular weight excluding hydrogens is 456 g/mol. The van der Waals surface area contributed by atoms with Crippen molar-refractivity contribution in [3.05, 3.63) is 103 Å². The van der Waals surface area contributed by atoms with Crippen LogP contribution in [0.5, 0.6) is 5.75 Å². The second-order valence-electron chi connectivity index (χ2n) is 8.78. The number of benzene rings is 1. The van der Waals surface area contributed by atoms with Crippen LogP contribution in [0.4, 0.5) is 0 Å². The largest absolute Gasteiger partial charge is 0.497 e. The maximum Gasteiger partial charge on any atom is 0.220 e. The monoisotopic (exact) mass is 500 g/mol. The third-order valence-electron chi connectivity index (χ3n) is 5.83. The quantitative estimate of drug-likeness (QED) is 0.202. The standard InChI is InChI=1S/C33H44N2O2/c1-3-4-5-6-7-8-9-10-11-12-13-14-15-16-17-18-19-20-21-22-33(36)34-26-25-29-28-35-32-24-23-30(37-2)27-31(29)32/h4-5,7-8,10-11,13-14,16-17,19-20,23-24,27-28,35H,3,6,9,12,15,18,21-22,25-26H2,1-2H3,(H,34,36)/b5-4-,8-7-,11-10-,14-13-,17-16-,20-19-. The molecule has 2 rings (SSSR count). The lowest BCUT2D eigenvalue weighted by atomic mass is 10.1. The number of fused-ring (bicyclic) bond motifs is 1. The molecule has 2 aromatic rings. The molecule has 0 aliphatic carbocycles. The molecular formula is C33H44N2O2. The van der Waals surface area contributed by atoms with E-state index in [1.165, 1.54) is 5.56 Å². The van der Waals surface area contributed by atoms with Crippen molar-refractivity contribution < 1.29 is 9.53 Å². The Morgan fingerprint density at radius 1 is 0.838 bits per heavy atom. The maximum atomic E-state index is 12.1. The predicted molar refractivity (Wildman–Crippen MR) is 159 cm³/mol. The van der Waals surface area contributed by atoms with Gasteiger partial charge in [0.15, 0.2) is 0 Å². The average molecular weight is 501 g/mol. The molecule has 4 heteroatoms. The second-order valence-corrected chi connectivity index (χ2v) is 8.78. The van der Waals surface area contributed by atoms with Crippen LogP contribution in [-0.2, 0) is 11.2 Å². The Kier molecular flexibility index (Phi) is 15.8. The van der Waals surface area contributed by atoms with Crippen LogP contribution in [0.1, 0.15) is 63.9 Å². The summed E-state index contributed by atoms with van der Waals surface area (Å²) in [6.45, 7) is 2.79. The highest BCUT2D eigenvalue weighted by Gasteiger charge is 2.06. The summed E-state index contributed by atoms with van der Waals surface area (Å²) >= 11 is 0. The molecule has 0 atom stereocenters. The molecule has 0 aliphatic heterocycles. The van der Waals surface area contributed by atoms with Crippen LogP contribution in [0.2, 0.25) is 0 Å². The first-order valence-electron chi connectivity index (χ1n) is 13.5. The first kappa shape index (κ1) is 29.7. The van der Waals surface area contributed by atoms with Crippen LogP contribution in [0.25, 0.3) is 10.9 Å². The highest BCUT2D eigenvalue weighted by Crippen LogP contribution is 2.23. The molecule has 0 unspecified atom stereocenters. The van der Waals surface area contributed by atoms with Crippen molar-refractivity contribution in [2.75, 3.05) is 13.7 Å². The lowest BCUT2D eigenvalue weighted by Crippen LogP contribution is -2.25. The molecule has 0 fully saturated rings. The van der Waals surface area contributed by atoms with E-state index in [-0.39, 0.29) is 5.91 Å². The van der Waals surface area contributed by atoms with Crippen molar-refractivity contribution in [1.29, 1.82) is 0 Å². The number of aromatic nitrogens is 1. The molecule has 2 N–H and O–H groups in total. The van der Waals surface area contributed by atoms with Crippen LogP contribution in [0.15, 0.2) is 97.3 Å². The summed E-state index contributed by atoms with van der Waals surface area (Å²) in [4.78, 5) is 15.4. The number of nitrogens with one attached hydrogen (secondary N) is 2. The molecule has 0 aliphatic rings. The molecule has 0 saturated carbocycles. The van der Waals surface area contributed by atoms with Crippen LogP contribution >= 0.6 is 0 Å². The molecule has 1 aromatic heterocycles. The van der Waals surface area contributed by atoms with E-state index >= 15 is 0 Å². The lowest BCUT2D eigenvalue weighted by Gasteiger charge is -2.04. The Hall–Kier alpha value is -3.53. The molecule has 1 heterocycles. The van der Waals surface area contributed by atoms with Crippen LogP contribution in [0.3, 0.4) is 0 Å². The maximum absolute atomic E-state index is 12.1. The summed E-state index contributed by atoms with van der Waals surface area (Å²) in [5.74, 6) is 0.936. The first-order valence-corrected chi connectivity index (χ1v) is 13.5. The Balaban J connectivity index is 1.48. The van der Waals surface area contributed by atoms with Gasteiger partial charge in [-0.3, -0.25) is 4.79 Å². The van der Waals surface area contributed by atoms with Crippen molar-refractivity contribution in [2.45, 2.75) is 64.7 Å². The molecule has 4 nitrogen and oxygen atoms in total. The van der Waals surface area contributed by atoms with E-state index in [2.05, 4.69) is 90.1 Å². The number of H-pyrrole nitrogens is 1. The Labute approximate surface area is 223 Å². The minimum absolute atomic E-state index is 0.0944. The molecule has 0 spiro atoms. The third kappa shape index (κ3) is 13.4. The Morgan fingerprint density at radius 2 is 1.41 bits per heavy atom. The highest BCUT2D eigenvalue weighted by atomic mass is 16.5. The number of hydrogen-bond acceptors (Lipinski definition) is 2. The van der Waals surface area contributed by atoms with Gasteiger partial charge in [0.25, 0.3) is 0 Å². The Bertz CT molecular complexity index is 1080. The zero-order valence-corrected chi connectivity index (χ0v) is 22.6. The summed E-state index contributed by atoms with van der Waals surface area (Å²) in [7, 11) is 1.67. The number of methoxy groups -OCH3 is 1. The number of carbonyl (C=O) groups is 1. The number of aromatic amines is 1. The third-order valence-corrected chi connectivity index (χ3v) is 5.83. The van der Waals surface area contributed by atoms with Crippen LogP contribution in [-0.4, -0.2) is 24.5 Å². The fraction of sp³-hybridized carbons (Fsp3) is 0.364.